The number of H-pyrrole nitrogens is 1. The zero-order chi connectivity index (χ0) is 21.6. The van der Waals surface area contributed by atoms with E-state index in [1.54, 1.807) is 43.8 Å². The van der Waals surface area contributed by atoms with Gasteiger partial charge in [-0.3, -0.25) is 9.59 Å². The van der Waals surface area contributed by atoms with Crippen LogP contribution < -0.4 is 20.8 Å². The number of nitrogens with zero attached hydrogens (tertiary/aromatic N) is 1. The van der Waals surface area contributed by atoms with Crippen LogP contribution in [0, 0.1) is 0 Å². The summed E-state index contributed by atoms with van der Waals surface area (Å²) in [6, 6.07) is 8.56. The number of oxazole rings is 1. The highest BCUT2D eigenvalue weighted by atomic mass is 16.5. The number of methoxy groups -OCH3 is 1. The summed E-state index contributed by atoms with van der Waals surface area (Å²) in [6.07, 6.45) is 5.43. The van der Waals surface area contributed by atoms with Crippen LogP contribution in [-0.2, 0) is 11.3 Å². The Labute approximate surface area is 177 Å². The molecule has 3 aromatic heterocycles. The Balaban J connectivity index is 1.39. The summed E-state index contributed by atoms with van der Waals surface area (Å²) in [6.45, 7) is 0.901. The number of carbonyl (C=O) groups excluding carboxylic acids is 1. The lowest BCUT2D eigenvalue weighted by molar-refractivity contribution is -0.121. The van der Waals surface area contributed by atoms with Crippen molar-refractivity contribution in [1.82, 2.24) is 15.3 Å². The molecular weight excluding hydrogens is 400 g/mol. The summed E-state index contributed by atoms with van der Waals surface area (Å²) in [5.41, 5.74) is 1.14. The van der Waals surface area contributed by atoms with E-state index in [9.17, 15) is 9.59 Å². The molecule has 9 heteroatoms. The van der Waals surface area contributed by atoms with Crippen LogP contribution in [0.25, 0.3) is 22.2 Å². The van der Waals surface area contributed by atoms with Gasteiger partial charge in [0.15, 0.2) is 17.6 Å². The summed E-state index contributed by atoms with van der Waals surface area (Å²) in [4.78, 5) is 31.7. The molecule has 0 bridgehead atoms. The molecule has 4 aromatic rings. The molecular formula is C22H22N4O5. The number of carbonyl (C=O) groups is 1. The number of pyridine rings is 1. The lowest BCUT2D eigenvalue weighted by atomic mass is 10.1. The third-order valence-corrected chi connectivity index (χ3v) is 4.78. The Hall–Kier alpha value is -4.01. The predicted molar refractivity (Wildman–Crippen MR) is 115 cm³/mol. The van der Waals surface area contributed by atoms with E-state index in [-0.39, 0.29) is 11.3 Å². The van der Waals surface area contributed by atoms with E-state index in [4.69, 9.17) is 13.6 Å². The number of nitrogens with one attached hydrogen (secondary N) is 3. The summed E-state index contributed by atoms with van der Waals surface area (Å²) in [7, 11) is 1.55. The monoisotopic (exact) mass is 422 g/mol. The molecule has 0 spiro atoms. The van der Waals surface area contributed by atoms with Crippen molar-refractivity contribution in [1.29, 1.82) is 0 Å². The lowest BCUT2D eigenvalue weighted by Crippen LogP contribution is -2.23. The van der Waals surface area contributed by atoms with Gasteiger partial charge in [-0.1, -0.05) is 0 Å². The van der Waals surface area contributed by atoms with Gasteiger partial charge in [0, 0.05) is 30.5 Å². The number of furan rings is 1. The Kier molecular flexibility index (Phi) is 6.02. The predicted octanol–water partition coefficient (Wildman–Crippen LogP) is 3.29. The van der Waals surface area contributed by atoms with E-state index in [0.29, 0.717) is 65.5 Å². The number of fused-ring (bicyclic) bond motifs is 1. The molecule has 3 N–H and O–H groups in total. The number of hydrogen-bond acceptors (Lipinski definition) is 7. The molecule has 1 aromatic carbocycles. The number of aromatic nitrogens is 2. The van der Waals surface area contributed by atoms with Gasteiger partial charge in [0.1, 0.15) is 17.3 Å². The van der Waals surface area contributed by atoms with Crippen molar-refractivity contribution in [3.63, 3.8) is 0 Å². The maximum absolute atomic E-state index is 12.6. The molecule has 0 aliphatic rings. The van der Waals surface area contributed by atoms with Gasteiger partial charge in [-0.25, -0.2) is 4.98 Å². The smallest absolute Gasteiger partial charge is 0.220 e. The molecule has 0 fully saturated rings. The maximum Gasteiger partial charge on any atom is 0.220 e. The van der Waals surface area contributed by atoms with Crippen LogP contribution in [0.2, 0.25) is 0 Å². The van der Waals surface area contributed by atoms with Gasteiger partial charge in [0.25, 0.3) is 0 Å². The van der Waals surface area contributed by atoms with Crippen molar-refractivity contribution in [2.75, 3.05) is 19.0 Å². The second-order valence-electron chi connectivity index (χ2n) is 6.90. The average molecular weight is 422 g/mol. The molecule has 1 amide bonds. The highest BCUT2D eigenvalue weighted by Crippen LogP contribution is 2.32. The molecule has 0 atom stereocenters. The Morgan fingerprint density at radius 2 is 2.16 bits per heavy atom. The lowest BCUT2D eigenvalue weighted by Gasteiger charge is -2.11. The van der Waals surface area contributed by atoms with Crippen molar-refractivity contribution in [3.8, 4) is 17.1 Å². The van der Waals surface area contributed by atoms with Crippen LogP contribution in [0.5, 0.6) is 5.75 Å². The van der Waals surface area contributed by atoms with Crippen LogP contribution in [0.15, 0.2) is 62.8 Å². The summed E-state index contributed by atoms with van der Waals surface area (Å²) in [5.74, 6) is 2.30. The molecule has 3 heterocycles. The Morgan fingerprint density at radius 3 is 2.90 bits per heavy atom. The minimum absolute atomic E-state index is 0.0603. The number of rotatable bonds is 9. The summed E-state index contributed by atoms with van der Waals surface area (Å²) in [5, 5.41) is 6.47. The van der Waals surface area contributed by atoms with Gasteiger partial charge in [-0.05, 0) is 24.6 Å². The first-order chi connectivity index (χ1) is 15.1. The Bertz CT molecular complexity index is 1210. The fraction of sp³-hybridized carbons (Fsp3) is 0.227. The molecule has 0 saturated heterocycles. The van der Waals surface area contributed by atoms with Crippen molar-refractivity contribution in [2.24, 2.45) is 0 Å². The first-order valence-electron chi connectivity index (χ1n) is 9.81. The molecule has 0 unspecified atom stereocenters. The minimum atomic E-state index is -0.143. The van der Waals surface area contributed by atoms with E-state index >= 15 is 0 Å². The van der Waals surface area contributed by atoms with Crippen LogP contribution in [0.1, 0.15) is 18.6 Å². The third-order valence-electron chi connectivity index (χ3n) is 4.78. The summed E-state index contributed by atoms with van der Waals surface area (Å²) >= 11 is 0. The van der Waals surface area contributed by atoms with Crippen LogP contribution >= 0.6 is 0 Å². The standard InChI is InChI=1S/C22H22N4O5/c1-29-19-9-17-15(8-16(19)20-12-23-13-31-20)18(27)10-21(26-17)24-6-2-5-22(28)25-11-14-4-3-7-30-14/h3-4,7-10,12-13H,2,5-6,11H2,1H3,(H,25,28)(H2,24,26,27). The number of hydrogen-bond donors (Lipinski definition) is 3. The molecule has 4 rings (SSSR count). The van der Waals surface area contributed by atoms with Gasteiger partial charge >= 0.3 is 0 Å². The van der Waals surface area contributed by atoms with Crippen molar-refractivity contribution in [3.05, 3.63) is 65.2 Å². The maximum atomic E-state index is 12.6. The van der Waals surface area contributed by atoms with Gasteiger partial charge in [0.05, 0.1) is 37.2 Å². The molecule has 0 aliphatic carbocycles. The fourth-order valence-corrected chi connectivity index (χ4v) is 3.24. The summed E-state index contributed by atoms with van der Waals surface area (Å²) < 4.78 is 16.0. The molecule has 0 radical (unpaired) electrons. The van der Waals surface area contributed by atoms with E-state index in [1.807, 2.05) is 0 Å². The van der Waals surface area contributed by atoms with E-state index < -0.39 is 0 Å². The highest BCUT2D eigenvalue weighted by Gasteiger charge is 2.13. The average Bonchev–Trinajstić information content (AvgIpc) is 3.49. The van der Waals surface area contributed by atoms with Gasteiger partial charge in [-0.2, -0.15) is 0 Å². The van der Waals surface area contributed by atoms with E-state index in [2.05, 4.69) is 20.6 Å². The third kappa shape index (κ3) is 4.77. The van der Waals surface area contributed by atoms with Gasteiger partial charge in [0.2, 0.25) is 5.91 Å². The van der Waals surface area contributed by atoms with Crippen LogP contribution in [-0.4, -0.2) is 29.5 Å². The van der Waals surface area contributed by atoms with Gasteiger partial charge in [-0.15, -0.1) is 0 Å². The number of ether oxygens (including phenoxy) is 1. The largest absolute Gasteiger partial charge is 0.496 e. The number of benzene rings is 1. The number of amides is 1. The van der Waals surface area contributed by atoms with Gasteiger partial charge < -0.3 is 29.2 Å². The van der Waals surface area contributed by atoms with Crippen molar-refractivity contribution in [2.45, 2.75) is 19.4 Å². The van der Waals surface area contributed by atoms with Crippen molar-refractivity contribution >= 4 is 22.6 Å². The van der Waals surface area contributed by atoms with Crippen LogP contribution in [0.4, 0.5) is 5.82 Å². The first kappa shape index (κ1) is 20.3. The first-order valence-corrected chi connectivity index (χ1v) is 9.81. The van der Waals surface area contributed by atoms with E-state index in [0.717, 1.165) is 0 Å². The zero-order valence-corrected chi connectivity index (χ0v) is 16.9. The zero-order valence-electron chi connectivity index (χ0n) is 16.9. The quantitative estimate of drug-likeness (QED) is 0.354. The van der Waals surface area contributed by atoms with E-state index in [1.165, 1.54) is 12.5 Å². The SMILES string of the molecule is COc1cc2[nH]c(NCCCC(=O)NCc3ccco3)cc(=O)c2cc1-c1cnco1. The second-order valence-corrected chi connectivity index (χ2v) is 6.90. The second kappa shape index (κ2) is 9.21. The number of aromatic amines is 1. The number of anilines is 1. The topological polar surface area (TPSA) is 122 Å². The fourth-order valence-electron chi connectivity index (χ4n) is 3.24. The highest BCUT2D eigenvalue weighted by molar-refractivity contribution is 5.88. The normalized spacial score (nSPS) is 10.9. The molecule has 0 aliphatic heterocycles. The molecule has 31 heavy (non-hydrogen) atoms. The minimum Gasteiger partial charge on any atom is -0.496 e. The van der Waals surface area contributed by atoms with Crippen LogP contribution in [0.3, 0.4) is 0 Å². The molecule has 0 saturated carbocycles. The van der Waals surface area contributed by atoms with Crippen molar-refractivity contribution < 1.29 is 18.4 Å². The Morgan fingerprint density at radius 1 is 1.26 bits per heavy atom. The molecule has 9 nitrogen and oxygen atoms in total. The molecule has 160 valence electrons.